The average Bonchev–Trinajstić information content (AvgIpc) is 3.15. The standard InChI is InChI=1S/C19H25N3O3/c1-4-18-20-9-11-22(18)15-6-5-10-21(13-15)19(23)14-7-8-16(24-2)17(12-14)25-3/h7-9,11-12,15H,4-6,10,13H2,1-3H3/t15-/m1/s1. The van der Waals surface area contributed by atoms with Gasteiger partial charge in [0.2, 0.25) is 0 Å². The zero-order chi connectivity index (χ0) is 17.8. The van der Waals surface area contributed by atoms with Gasteiger partial charge in [0, 0.05) is 37.5 Å². The first-order valence-electron chi connectivity index (χ1n) is 8.71. The van der Waals surface area contributed by atoms with Crippen molar-refractivity contribution in [1.29, 1.82) is 0 Å². The molecule has 0 spiro atoms. The number of hydrogen-bond acceptors (Lipinski definition) is 4. The number of ether oxygens (including phenoxy) is 2. The smallest absolute Gasteiger partial charge is 0.254 e. The number of amides is 1. The van der Waals surface area contributed by atoms with Crippen LogP contribution in [0, 0.1) is 0 Å². The number of carbonyl (C=O) groups is 1. The van der Waals surface area contributed by atoms with Gasteiger partial charge in [0.25, 0.3) is 5.91 Å². The van der Waals surface area contributed by atoms with Crippen LogP contribution in [0.1, 0.15) is 42.0 Å². The molecule has 2 aromatic rings. The normalized spacial score (nSPS) is 17.4. The lowest BCUT2D eigenvalue weighted by Crippen LogP contribution is -2.40. The SMILES string of the molecule is CCc1nccn1[C@@H]1CCCN(C(=O)c2ccc(OC)c(OC)c2)C1. The van der Waals surface area contributed by atoms with Crippen molar-refractivity contribution in [3.8, 4) is 11.5 Å². The fraction of sp³-hybridized carbons (Fsp3) is 0.474. The Kier molecular flexibility index (Phi) is 5.26. The highest BCUT2D eigenvalue weighted by Gasteiger charge is 2.26. The number of aromatic nitrogens is 2. The minimum absolute atomic E-state index is 0.0313. The van der Waals surface area contributed by atoms with Crippen LogP contribution < -0.4 is 9.47 Å². The Morgan fingerprint density at radius 2 is 2.08 bits per heavy atom. The summed E-state index contributed by atoms with van der Waals surface area (Å²) in [6, 6.07) is 5.61. The first kappa shape index (κ1) is 17.3. The summed E-state index contributed by atoms with van der Waals surface area (Å²) in [5, 5.41) is 0. The van der Waals surface area contributed by atoms with Gasteiger partial charge in [-0.15, -0.1) is 0 Å². The van der Waals surface area contributed by atoms with E-state index in [1.807, 2.05) is 17.3 Å². The largest absolute Gasteiger partial charge is 0.493 e. The Labute approximate surface area is 148 Å². The molecule has 0 radical (unpaired) electrons. The summed E-state index contributed by atoms with van der Waals surface area (Å²) in [7, 11) is 3.17. The molecule has 1 atom stereocenters. The van der Waals surface area contributed by atoms with Gasteiger partial charge in [-0.2, -0.15) is 0 Å². The van der Waals surface area contributed by atoms with Gasteiger partial charge in [-0.25, -0.2) is 4.98 Å². The summed E-state index contributed by atoms with van der Waals surface area (Å²) in [5.74, 6) is 2.31. The van der Waals surface area contributed by atoms with Crippen LogP contribution in [0.3, 0.4) is 0 Å². The van der Waals surface area contributed by atoms with E-state index >= 15 is 0 Å². The van der Waals surface area contributed by atoms with E-state index in [2.05, 4.69) is 16.5 Å². The lowest BCUT2D eigenvalue weighted by atomic mass is 10.0. The lowest BCUT2D eigenvalue weighted by Gasteiger charge is -2.34. The molecule has 1 aromatic carbocycles. The van der Waals surface area contributed by atoms with E-state index in [0.717, 1.165) is 31.6 Å². The van der Waals surface area contributed by atoms with Gasteiger partial charge < -0.3 is 18.9 Å². The number of imidazole rings is 1. The topological polar surface area (TPSA) is 56.6 Å². The molecular weight excluding hydrogens is 318 g/mol. The van der Waals surface area contributed by atoms with Crippen LogP contribution in [0.4, 0.5) is 0 Å². The molecule has 1 aliphatic rings. The van der Waals surface area contributed by atoms with Crippen LogP contribution in [0.25, 0.3) is 0 Å². The minimum Gasteiger partial charge on any atom is -0.493 e. The van der Waals surface area contributed by atoms with Gasteiger partial charge in [0.1, 0.15) is 5.82 Å². The molecule has 1 aliphatic heterocycles. The third kappa shape index (κ3) is 3.48. The fourth-order valence-corrected chi connectivity index (χ4v) is 3.47. The first-order chi connectivity index (χ1) is 12.2. The number of piperidine rings is 1. The molecule has 2 heterocycles. The van der Waals surface area contributed by atoms with Crippen LogP contribution >= 0.6 is 0 Å². The van der Waals surface area contributed by atoms with Gasteiger partial charge >= 0.3 is 0 Å². The molecule has 1 saturated heterocycles. The highest BCUT2D eigenvalue weighted by molar-refractivity contribution is 5.95. The van der Waals surface area contributed by atoms with Crippen molar-refractivity contribution in [2.75, 3.05) is 27.3 Å². The third-order valence-corrected chi connectivity index (χ3v) is 4.77. The number of benzene rings is 1. The summed E-state index contributed by atoms with van der Waals surface area (Å²) < 4.78 is 12.8. The number of rotatable bonds is 5. The Hall–Kier alpha value is -2.50. The maximum absolute atomic E-state index is 12.9. The van der Waals surface area contributed by atoms with E-state index in [4.69, 9.17) is 9.47 Å². The van der Waals surface area contributed by atoms with E-state index in [1.165, 1.54) is 0 Å². The van der Waals surface area contributed by atoms with Crippen LogP contribution in [0.15, 0.2) is 30.6 Å². The highest BCUT2D eigenvalue weighted by atomic mass is 16.5. The number of aryl methyl sites for hydroxylation is 1. The second kappa shape index (κ2) is 7.59. The van der Waals surface area contributed by atoms with E-state index < -0.39 is 0 Å². The van der Waals surface area contributed by atoms with Crippen molar-refractivity contribution < 1.29 is 14.3 Å². The van der Waals surface area contributed by atoms with Crippen LogP contribution in [0.2, 0.25) is 0 Å². The monoisotopic (exact) mass is 343 g/mol. The van der Waals surface area contributed by atoms with Gasteiger partial charge in [-0.1, -0.05) is 6.92 Å². The molecule has 6 heteroatoms. The average molecular weight is 343 g/mol. The highest BCUT2D eigenvalue weighted by Crippen LogP contribution is 2.29. The van der Waals surface area contributed by atoms with Crippen LogP contribution in [-0.2, 0) is 6.42 Å². The quantitative estimate of drug-likeness (QED) is 0.837. The van der Waals surface area contributed by atoms with E-state index in [1.54, 1.807) is 32.4 Å². The number of likely N-dealkylation sites (tertiary alicyclic amines) is 1. The van der Waals surface area contributed by atoms with Crippen LogP contribution in [0.5, 0.6) is 11.5 Å². The van der Waals surface area contributed by atoms with Crippen molar-refractivity contribution in [3.63, 3.8) is 0 Å². The summed E-state index contributed by atoms with van der Waals surface area (Å²) >= 11 is 0. The fourth-order valence-electron chi connectivity index (χ4n) is 3.47. The zero-order valence-electron chi connectivity index (χ0n) is 15.1. The van der Waals surface area contributed by atoms with Crippen molar-refractivity contribution in [3.05, 3.63) is 42.0 Å². The molecule has 3 rings (SSSR count). The summed E-state index contributed by atoms with van der Waals surface area (Å²) in [5.41, 5.74) is 0.625. The molecule has 1 aromatic heterocycles. The van der Waals surface area contributed by atoms with Gasteiger partial charge in [-0.05, 0) is 31.0 Å². The van der Waals surface area contributed by atoms with E-state index in [-0.39, 0.29) is 11.9 Å². The molecule has 0 unspecified atom stereocenters. The number of hydrogen-bond donors (Lipinski definition) is 0. The molecule has 134 valence electrons. The Morgan fingerprint density at radius 3 is 2.80 bits per heavy atom. The summed E-state index contributed by atoms with van der Waals surface area (Å²) in [6.07, 6.45) is 6.82. The second-order valence-electron chi connectivity index (χ2n) is 6.22. The van der Waals surface area contributed by atoms with Gasteiger partial charge in [0.15, 0.2) is 11.5 Å². The molecule has 0 saturated carbocycles. The van der Waals surface area contributed by atoms with Crippen LogP contribution in [-0.4, -0.2) is 47.7 Å². The molecular formula is C19H25N3O3. The van der Waals surface area contributed by atoms with E-state index in [9.17, 15) is 4.79 Å². The zero-order valence-corrected chi connectivity index (χ0v) is 15.1. The predicted octanol–water partition coefficient (Wildman–Crippen LogP) is 2.94. The Bertz CT molecular complexity index is 741. The predicted molar refractivity (Wildman–Crippen MR) is 95.3 cm³/mol. The number of carbonyl (C=O) groups excluding carboxylic acids is 1. The van der Waals surface area contributed by atoms with Crippen molar-refractivity contribution in [2.24, 2.45) is 0 Å². The van der Waals surface area contributed by atoms with Crippen molar-refractivity contribution in [2.45, 2.75) is 32.2 Å². The number of nitrogens with zero attached hydrogens (tertiary/aromatic N) is 3. The minimum atomic E-state index is 0.0313. The molecule has 0 N–H and O–H groups in total. The molecule has 0 bridgehead atoms. The first-order valence-corrected chi connectivity index (χ1v) is 8.71. The van der Waals surface area contributed by atoms with Gasteiger partial charge in [-0.3, -0.25) is 4.79 Å². The third-order valence-electron chi connectivity index (χ3n) is 4.77. The molecule has 0 aliphatic carbocycles. The molecule has 1 amide bonds. The lowest BCUT2D eigenvalue weighted by molar-refractivity contribution is 0.0677. The van der Waals surface area contributed by atoms with Crippen molar-refractivity contribution >= 4 is 5.91 Å². The molecule has 25 heavy (non-hydrogen) atoms. The molecule has 6 nitrogen and oxygen atoms in total. The maximum atomic E-state index is 12.9. The van der Waals surface area contributed by atoms with E-state index in [0.29, 0.717) is 23.6 Å². The second-order valence-corrected chi connectivity index (χ2v) is 6.22. The molecule has 1 fully saturated rings. The van der Waals surface area contributed by atoms with Gasteiger partial charge in [0.05, 0.1) is 20.3 Å². The maximum Gasteiger partial charge on any atom is 0.254 e. The Balaban J connectivity index is 1.78. The number of methoxy groups -OCH3 is 2. The summed E-state index contributed by atoms with van der Waals surface area (Å²) in [6.45, 7) is 3.59. The summed E-state index contributed by atoms with van der Waals surface area (Å²) in [4.78, 5) is 19.3. The Morgan fingerprint density at radius 1 is 1.28 bits per heavy atom. The van der Waals surface area contributed by atoms with Crippen molar-refractivity contribution in [1.82, 2.24) is 14.5 Å².